The van der Waals surface area contributed by atoms with E-state index in [0.29, 0.717) is 20.9 Å². The third-order valence-electron chi connectivity index (χ3n) is 7.09. The Morgan fingerprint density at radius 1 is 1.04 bits per heavy atom. The number of carbonyl (C=O) groups is 3. The van der Waals surface area contributed by atoms with Gasteiger partial charge < -0.3 is 19.3 Å². The molecule has 0 spiro atoms. The minimum Gasteiger partial charge on any atom is -0.356 e. The fourth-order valence-corrected chi connectivity index (χ4v) is 10.1. The molecule has 0 radical (unpaired) electrons. The zero-order chi connectivity index (χ0) is 37.1. The molecule has 2 aromatic heterocycles. The highest BCUT2D eigenvalue weighted by Gasteiger charge is 2.38. The topological polar surface area (TPSA) is 207 Å². The molecule has 274 valence electrons. The molecule has 3 heterocycles. The maximum atomic E-state index is 13.3. The molecule has 1 aromatic carbocycles. The lowest BCUT2D eigenvalue weighted by Crippen LogP contribution is -2.54. The van der Waals surface area contributed by atoms with Crippen molar-refractivity contribution in [2.24, 2.45) is 0 Å². The number of fused-ring (bicyclic) bond motifs is 1. The second-order valence-corrected chi connectivity index (χ2v) is 18.8. The molecule has 3 amide bonds. The summed E-state index contributed by atoms with van der Waals surface area (Å²) in [5.41, 5.74) is -2.29. The van der Waals surface area contributed by atoms with Crippen molar-refractivity contribution in [1.29, 1.82) is 0 Å². The second-order valence-electron chi connectivity index (χ2n) is 13.7. The highest BCUT2D eigenvalue weighted by molar-refractivity contribution is 7.91. The van der Waals surface area contributed by atoms with Crippen LogP contribution < -0.4 is 16.6 Å². The smallest absolute Gasteiger partial charge is 0.332 e. The molecule has 1 fully saturated rings. The van der Waals surface area contributed by atoms with Crippen molar-refractivity contribution in [3.05, 3.63) is 56.9 Å². The first-order valence-corrected chi connectivity index (χ1v) is 19.9. The van der Waals surface area contributed by atoms with Gasteiger partial charge in [0.1, 0.15) is 13.1 Å². The minimum absolute atomic E-state index is 0.0977. The Morgan fingerprint density at radius 3 is 2.32 bits per heavy atom. The molecule has 16 nitrogen and oxygen atoms in total. The van der Waals surface area contributed by atoms with E-state index in [1.807, 2.05) is 0 Å². The van der Waals surface area contributed by atoms with E-state index >= 15 is 0 Å². The average Bonchev–Trinajstić information content (AvgIpc) is 3.44. The van der Waals surface area contributed by atoms with E-state index in [4.69, 9.17) is 9.05 Å². The number of piperazine rings is 1. The Balaban J connectivity index is 1.30. The van der Waals surface area contributed by atoms with Gasteiger partial charge >= 0.3 is 13.3 Å². The van der Waals surface area contributed by atoms with Crippen LogP contribution in [-0.2, 0) is 51.0 Å². The summed E-state index contributed by atoms with van der Waals surface area (Å²) in [7, 11) is -7.82. The molecule has 0 saturated carbocycles. The first kappa shape index (κ1) is 39.1. The fourth-order valence-electron chi connectivity index (χ4n) is 5.05. The van der Waals surface area contributed by atoms with Crippen molar-refractivity contribution >= 4 is 56.9 Å². The summed E-state index contributed by atoms with van der Waals surface area (Å²) >= 11 is 0.946. The van der Waals surface area contributed by atoms with E-state index in [0.717, 1.165) is 20.8 Å². The standard InChI is InChI=1S/C31H43N6O10PS2/c1-30(2,3)46-48(43,47-31(4,5)6)17-13-24(38)32-14-9-10-21-18-36(28(42)34-27(21)41)19-25(39)35-15-16-37(26(40)20-35)50(44,45)29-33-22-11-7-8-12-23(22)49-29/h7-8,11-12,18H,9-10,13-17,19-20H2,1-6H3,(H,32,38)(H,34,41,42). The number of hydrogen-bond donors (Lipinski definition) is 2. The molecule has 0 unspecified atom stereocenters. The van der Waals surface area contributed by atoms with Crippen molar-refractivity contribution in [1.82, 2.24) is 29.1 Å². The third-order valence-corrected chi connectivity index (χ3v) is 12.7. The summed E-state index contributed by atoms with van der Waals surface area (Å²) < 4.78 is 53.2. The molecule has 2 N–H and O–H groups in total. The van der Waals surface area contributed by atoms with Crippen molar-refractivity contribution < 1.29 is 36.4 Å². The predicted octanol–water partition coefficient (Wildman–Crippen LogP) is 2.47. The van der Waals surface area contributed by atoms with E-state index in [1.54, 1.807) is 65.8 Å². The van der Waals surface area contributed by atoms with Crippen molar-refractivity contribution in [3.8, 4) is 0 Å². The Morgan fingerprint density at radius 2 is 1.70 bits per heavy atom. The Labute approximate surface area is 293 Å². The van der Waals surface area contributed by atoms with Crippen LogP contribution in [0.2, 0.25) is 0 Å². The number of para-hydroxylation sites is 1. The largest absolute Gasteiger partial charge is 0.356 e. The summed E-state index contributed by atoms with van der Waals surface area (Å²) in [4.78, 5) is 71.0. The van der Waals surface area contributed by atoms with Crippen molar-refractivity contribution in [2.75, 3.05) is 32.3 Å². The number of H-pyrrole nitrogens is 1. The zero-order valence-corrected chi connectivity index (χ0v) is 31.4. The molecule has 50 heavy (non-hydrogen) atoms. The van der Waals surface area contributed by atoms with E-state index < -0.39 is 65.0 Å². The van der Waals surface area contributed by atoms with Crippen LogP contribution in [0.15, 0.2) is 44.4 Å². The summed E-state index contributed by atoms with van der Waals surface area (Å²) in [6.07, 6.45) is 1.49. The van der Waals surface area contributed by atoms with Gasteiger partial charge in [-0.3, -0.25) is 33.3 Å². The number of aryl methyl sites for hydroxylation is 1. The Hall–Kier alpha value is -3.70. The van der Waals surface area contributed by atoms with Crippen LogP contribution in [0.25, 0.3) is 10.2 Å². The van der Waals surface area contributed by atoms with Gasteiger partial charge in [0.15, 0.2) is 0 Å². The van der Waals surface area contributed by atoms with Gasteiger partial charge in [0.2, 0.25) is 16.2 Å². The maximum absolute atomic E-state index is 13.3. The number of amides is 3. The van der Waals surface area contributed by atoms with Crippen LogP contribution in [0.5, 0.6) is 0 Å². The van der Waals surface area contributed by atoms with E-state index in [-0.39, 0.29) is 54.4 Å². The third kappa shape index (κ3) is 10.4. The van der Waals surface area contributed by atoms with Gasteiger partial charge in [-0.2, -0.15) is 8.42 Å². The molecule has 19 heteroatoms. The molecule has 1 aliphatic rings. The van der Waals surface area contributed by atoms with Gasteiger partial charge in [-0.1, -0.05) is 12.1 Å². The van der Waals surface area contributed by atoms with Crippen LogP contribution in [0.3, 0.4) is 0 Å². The number of sulfonamides is 1. The summed E-state index contributed by atoms with van der Waals surface area (Å²) in [6, 6.07) is 6.87. The number of benzene rings is 1. The van der Waals surface area contributed by atoms with Crippen LogP contribution in [0.1, 0.15) is 59.9 Å². The second kappa shape index (κ2) is 15.3. The number of nitrogens with zero attached hydrogens (tertiary/aromatic N) is 4. The molecule has 1 aliphatic heterocycles. The lowest BCUT2D eigenvalue weighted by atomic mass is 10.2. The summed E-state index contributed by atoms with van der Waals surface area (Å²) in [5.74, 6) is -1.81. The number of aromatic amines is 1. The van der Waals surface area contributed by atoms with E-state index in [2.05, 4.69) is 15.3 Å². The number of hydrogen-bond acceptors (Lipinski definition) is 12. The highest BCUT2D eigenvalue weighted by Crippen LogP contribution is 2.54. The van der Waals surface area contributed by atoms with Crippen LogP contribution in [0.4, 0.5) is 0 Å². The van der Waals surface area contributed by atoms with Crippen LogP contribution in [0, 0.1) is 0 Å². The molecule has 4 rings (SSSR count). The van der Waals surface area contributed by atoms with Crippen LogP contribution in [-0.4, -0.2) is 93.4 Å². The molecule has 0 atom stereocenters. The fraction of sp³-hybridized carbons (Fsp3) is 0.548. The van der Waals surface area contributed by atoms with Gasteiger partial charge in [0.25, 0.3) is 21.5 Å². The van der Waals surface area contributed by atoms with E-state index in [9.17, 15) is 37.0 Å². The summed E-state index contributed by atoms with van der Waals surface area (Å²) in [5, 5.41) is 2.71. The first-order chi connectivity index (χ1) is 23.2. The molecule has 0 bridgehead atoms. The van der Waals surface area contributed by atoms with Crippen molar-refractivity contribution in [3.63, 3.8) is 0 Å². The number of nitrogens with one attached hydrogen (secondary N) is 2. The molecular weight excluding hydrogens is 711 g/mol. The van der Waals surface area contributed by atoms with Gasteiger partial charge in [0.05, 0.1) is 34.1 Å². The lowest BCUT2D eigenvalue weighted by molar-refractivity contribution is -0.142. The predicted molar refractivity (Wildman–Crippen MR) is 187 cm³/mol. The Bertz CT molecular complexity index is 1970. The molecule has 0 aliphatic carbocycles. The van der Waals surface area contributed by atoms with Gasteiger partial charge in [0, 0.05) is 31.3 Å². The monoisotopic (exact) mass is 754 g/mol. The average molecular weight is 755 g/mol. The van der Waals surface area contributed by atoms with Gasteiger partial charge in [-0.15, -0.1) is 11.3 Å². The van der Waals surface area contributed by atoms with Gasteiger partial charge in [-0.25, -0.2) is 14.1 Å². The minimum atomic E-state index is -4.23. The maximum Gasteiger partial charge on any atom is 0.332 e. The SMILES string of the molecule is CC(C)(C)OP(=O)(CCC(=O)NCCCc1cn(CC(=O)N2CCN(S(=O)(=O)c3nc4ccccc4s3)C(=O)C2)c(=O)[nH]c1=O)OC(C)(C)C. The van der Waals surface area contributed by atoms with Crippen molar-refractivity contribution in [2.45, 2.75) is 82.9 Å². The molecule has 1 saturated heterocycles. The quantitative estimate of drug-likeness (QED) is 0.191. The Kier molecular flexibility index (Phi) is 11.9. The first-order valence-electron chi connectivity index (χ1n) is 15.9. The molecular formula is C31H43N6O10PS2. The number of aromatic nitrogens is 3. The van der Waals surface area contributed by atoms with E-state index in [1.165, 1.54) is 6.20 Å². The summed E-state index contributed by atoms with van der Waals surface area (Å²) in [6.45, 7) is 9.25. The number of rotatable bonds is 13. The normalized spacial score (nSPS) is 14.7. The number of thiazole rings is 1. The lowest BCUT2D eigenvalue weighted by Gasteiger charge is -2.33. The highest BCUT2D eigenvalue weighted by atomic mass is 32.2. The van der Waals surface area contributed by atoms with Gasteiger partial charge in [-0.05, 0) is 66.5 Å². The van der Waals surface area contributed by atoms with Crippen LogP contribution >= 0.6 is 18.9 Å². The number of carbonyl (C=O) groups excluding carboxylic acids is 3. The molecule has 3 aromatic rings. The zero-order valence-electron chi connectivity index (χ0n) is 28.9.